The van der Waals surface area contributed by atoms with Crippen molar-refractivity contribution in [1.82, 2.24) is 9.97 Å². The third kappa shape index (κ3) is 5.34. The first kappa shape index (κ1) is 22.6. The van der Waals surface area contributed by atoms with E-state index in [0.29, 0.717) is 23.2 Å². The predicted molar refractivity (Wildman–Crippen MR) is 119 cm³/mol. The first-order valence-corrected chi connectivity index (χ1v) is 10.2. The largest absolute Gasteiger partial charge is 0.421 e. The molecule has 1 heterocycles. The van der Waals surface area contributed by atoms with E-state index in [0.717, 1.165) is 11.8 Å². The third-order valence-corrected chi connectivity index (χ3v) is 5.17. The van der Waals surface area contributed by atoms with Gasteiger partial charge in [0.2, 0.25) is 5.95 Å². The van der Waals surface area contributed by atoms with Gasteiger partial charge in [-0.15, -0.1) is 0 Å². The summed E-state index contributed by atoms with van der Waals surface area (Å²) in [5, 5.41) is 3.00. The smallest absolute Gasteiger partial charge is 0.329 e. The number of halogens is 3. The van der Waals surface area contributed by atoms with Crippen molar-refractivity contribution in [3.8, 4) is 0 Å². The summed E-state index contributed by atoms with van der Waals surface area (Å²) in [6.45, 7) is 8.32. The van der Waals surface area contributed by atoms with E-state index >= 15 is 0 Å². The van der Waals surface area contributed by atoms with E-state index in [1.807, 2.05) is 36.4 Å². The van der Waals surface area contributed by atoms with Gasteiger partial charge in [0.25, 0.3) is 0 Å². The summed E-state index contributed by atoms with van der Waals surface area (Å²) < 4.78 is 40.9. The third-order valence-electron chi connectivity index (χ3n) is 5.17. The minimum Gasteiger partial charge on any atom is -0.329 e. The van der Waals surface area contributed by atoms with E-state index in [4.69, 9.17) is 0 Å². The molecule has 2 aromatic carbocycles. The lowest BCUT2D eigenvalue weighted by atomic mass is 10.0. The van der Waals surface area contributed by atoms with Crippen molar-refractivity contribution >= 4 is 23.1 Å². The maximum Gasteiger partial charge on any atom is 0.421 e. The summed E-state index contributed by atoms with van der Waals surface area (Å²) in [7, 11) is 1.57. The van der Waals surface area contributed by atoms with Gasteiger partial charge in [0.1, 0.15) is 5.56 Å². The lowest BCUT2D eigenvalue weighted by Crippen LogP contribution is -2.19. The van der Waals surface area contributed by atoms with Crippen LogP contribution < -0.4 is 10.2 Å². The number of nitrogens with zero attached hydrogens (tertiary/aromatic N) is 3. The van der Waals surface area contributed by atoms with Crippen LogP contribution in [0, 0.1) is 0 Å². The fraction of sp³-hybridized carbons (Fsp3) is 0.333. The van der Waals surface area contributed by atoms with Crippen molar-refractivity contribution in [2.45, 2.75) is 45.7 Å². The fourth-order valence-corrected chi connectivity index (χ4v) is 3.17. The van der Waals surface area contributed by atoms with Crippen LogP contribution in [0.4, 0.5) is 36.3 Å². The number of aromatic nitrogens is 2. The van der Waals surface area contributed by atoms with E-state index in [2.05, 4.69) is 43.0 Å². The van der Waals surface area contributed by atoms with Crippen molar-refractivity contribution in [3.63, 3.8) is 0 Å². The van der Waals surface area contributed by atoms with Crippen molar-refractivity contribution in [1.29, 1.82) is 0 Å². The molecule has 3 rings (SSSR count). The topological polar surface area (TPSA) is 41.1 Å². The number of hydrogen-bond acceptors (Lipinski definition) is 4. The summed E-state index contributed by atoms with van der Waals surface area (Å²) in [6.07, 6.45) is -3.74. The van der Waals surface area contributed by atoms with Crippen LogP contribution in [0.25, 0.3) is 0 Å². The SMILES string of the molecule is CC(C)c1ccc(Nc2ncc(C(F)(F)F)c(N(C)c3ccc(C(C)C)cc3)n2)cc1. The Morgan fingerprint density at radius 2 is 1.35 bits per heavy atom. The molecule has 0 amide bonds. The number of hydrogen-bond donors (Lipinski definition) is 1. The molecule has 0 aliphatic rings. The zero-order valence-corrected chi connectivity index (χ0v) is 18.3. The molecular weight excluding hydrogens is 401 g/mol. The Balaban J connectivity index is 1.95. The molecule has 164 valence electrons. The molecule has 0 aliphatic heterocycles. The molecule has 31 heavy (non-hydrogen) atoms. The van der Waals surface area contributed by atoms with E-state index in [1.165, 1.54) is 10.5 Å². The van der Waals surface area contributed by atoms with E-state index in [1.54, 1.807) is 19.2 Å². The zero-order chi connectivity index (χ0) is 22.8. The van der Waals surface area contributed by atoms with Crippen molar-refractivity contribution < 1.29 is 13.2 Å². The van der Waals surface area contributed by atoms with Crippen molar-refractivity contribution in [2.24, 2.45) is 0 Å². The number of alkyl halides is 3. The monoisotopic (exact) mass is 428 g/mol. The Bertz CT molecular complexity index is 1010. The van der Waals surface area contributed by atoms with Gasteiger partial charge < -0.3 is 10.2 Å². The van der Waals surface area contributed by atoms with Crippen LogP contribution in [-0.4, -0.2) is 17.0 Å². The minimum atomic E-state index is -4.57. The summed E-state index contributed by atoms with van der Waals surface area (Å²) in [6, 6.07) is 15.1. The van der Waals surface area contributed by atoms with Gasteiger partial charge in [0, 0.05) is 24.6 Å². The highest BCUT2D eigenvalue weighted by atomic mass is 19.4. The quantitative estimate of drug-likeness (QED) is 0.449. The van der Waals surface area contributed by atoms with Gasteiger partial charge in [0.05, 0.1) is 0 Å². The highest BCUT2D eigenvalue weighted by Crippen LogP contribution is 2.38. The molecule has 1 N–H and O–H groups in total. The normalized spacial score (nSPS) is 11.8. The molecule has 0 unspecified atom stereocenters. The second kappa shape index (κ2) is 8.96. The van der Waals surface area contributed by atoms with Crippen LogP contribution in [0.2, 0.25) is 0 Å². The van der Waals surface area contributed by atoms with Crippen molar-refractivity contribution in [3.05, 3.63) is 71.4 Å². The van der Waals surface area contributed by atoms with Gasteiger partial charge in [-0.2, -0.15) is 18.2 Å². The zero-order valence-electron chi connectivity index (χ0n) is 18.3. The molecule has 0 saturated carbocycles. The Hall–Kier alpha value is -3.09. The van der Waals surface area contributed by atoms with Gasteiger partial charge in [0.15, 0.2) is 5.82 Å². The maximum atomic E-state index is 13.6. The molecule has 0 spiro atoms. The van der Waals surface area contributed by atoms with Crippen molar-refractivity contribution in [2.75, 3.05) is 17.3 Å². The number of nitrogens with one attached hydrogen (secondary N) is 1. The minimum absolute atomic E-state index is 0.103. The van der Waals surface area contributed by atoms with Crippen LogP contribution in [0.1, 0.15) is 56.2 Å². The summed E-state index contributed by atoms with van der Waals surface area (Å²) >= 11 is 0. The van der Waals surface area contributed by atoms with Crippen LogP contribution in [0.3, 0.4) is 0 Å². The number of rotatable bonds is 6. The summed E-state index contributed by atoms with van der Waals surface area (Å²) in [5.41, 5.74) is 2.72. The van der Waals surface area contributed by atoms with Gasteiger partial charge in [-0.25, -0.2) is 4.98 Å². The van der Waals surface area contributed by atoms with Crippen LogP contribution in [0.15, 0.2) is 54.7 Å². The molecule has 7 heteroatoms. The Labute approximate surface area is 181 Å². The average Bonchev–Trinajstić information content (AvgIpc) is 2.73. The predicted octanol–water partition coefficient (Wildman–Crippen LogP) is 7.25. The Morgan fingerprint density at radius 3 is 1.84 bits per heavy atom. The van der Waals surface area contributed by atoms with Gasteiger partial charge in [-0.1, -0.05) is 52.0 Å². The molecule has 3 aromatic rings. The van der Waals surface area contributed by atoms with Crippen LogP contribution in [-0.2, 0) is 6.18 Å². The summed E-state index contributed by atoms with van der Waals surface area (Å²) in [4.78, 5) is 9.54. The molecule has 0 radical (unpaired) electrons. The Kier molecular flexibility index (Phi) is 6.53. The molecule has 4 nitrogen and oxygen atoms in total. The second-order valence-electron chi connectivity index (χ2n) is 8.14. The molecule has 0 saturated heterocycles. The van der Waals surface area contributed by atoms with E-state index in [9.17, 15) is 13.2 Å². The first-order chi connectivity index (χ1) is 14.6. The van der Waals surface area contributed by atoms with E-state index in [-0.39, 0.29) is 11.8 Å². The van der Waals surface area contributed by atoms with Gasteiger partial charge in [-0.05, 0) is 47.2 Å². The highest BCUT2D eigenvalue weighted by molar-refractivity contribution is 5.65. The highest BCUT2D eigenvalue weighted by Gasteiger charge is 2.36. The molecule has 0 bridgehead atoms. The van der Waals surface area contributed by atoms with Crippen LogP contribution >= 0.6 is 0 Å². The molecular formula is C24H27F3N4. The maximum absolute atomic E-state index is 13.6. The first-order valence-electron chi connectivity index (χ1n) is 10.2. The Morgan fingerprint density at radius 1 is 0.839 bits per heavy atom. The lowest BCUT2D eigenvalue weighted by molar-refractivity contribution is -0.137. The second-order valence-corrected chi connectivity index (χ2v) is 8.14. The average molecular weight is 429 g/mol. The molecule has 0 atom stereocenters. The number of benzene rings is 2. The summed E-state index contributed by atoms with van der Waals surface area (Å²) in [5.74, 6) is 0.618. The van der Waals surface area contributed by atoms with Crippen LogP contribution in [0.5, 0.6) is 0 Å². The molecule has 0 aliphatic carbocycles. The fourth-order valence-electron chi connectivity index (χ4n) is 3.17. The lowest BCUT2D eigenvalue weighted by Gasteiger charge is -2.23. The van der Waals surface area contributed by atoms with E-state index < -0.39 is 11.7 Å². The molecule has 1 aromatic heterocycles. The molecule has 0 fully saturated rings. The standard InChI is InChI=1S/C24H27F3N4/c1-15(2)17-6-10-19(11-7-17)29-23-28-14-21(24(25,26)27)22(30-23)31(5)20-12-8-18(9-13-20)16(3)4/h6-16H,1-5H3,(H,28,29,30). The number of anilines is 4. The van der Waals surface area contributed by atoms with Gasteiger partial charge >= 0.3 is 6.18 Å². The van der Waals surface area contributed by atoms with Gasteiger partial charge in [-0.3, -0.25) is 0 Å².